The fourth-order valence-corrected chi connectivity index (χ4v) is 1.11. The third kappa shape index (κ3) is 0.852. The molecule has 0 aliphatic carbocycles. The molecule has 52 valence electrons. The minimum atomic E-state index is -0.372. The van der Waals surface area contributed by atoms with Crippen LogP contribution in [0.3, 0.4) is 0 Å². The van der Waals surface area contributed by atoms with Gasteiger partial charge in [-0.3, -0.25) is 5.32 Å². The van der Waals surface area contributed by atoms with Crippen molar-refractivity contribution in [3.63, 3.8) is 0 Å². The zero-order chi connectivity index (χ0) is 6.54. The molecule has 0 saturated carbocycles. The fourth-order valence-electron chi connectivity index (χ4n) is 1.11. The van der Waals surface area contributed by atoms with Crippen LogP contribution in [-0.4, -0.2) is 24.7 Å². The quantitative estimate of drug-likeness (QED) is 0.470. The summed E-state index contributed by atoms with van der Waals surface area (Å²) in [4.78, 5) is 0. The molecule has 2 aliphatic heterocycles. The van der Waals surface area contributed by atoms with Crippen molar-refractivity contribution < 1.29 is 9.47 Å². The summed E-state index contributed by atoms with van der Waals surface area (Å²) in [6.07, 6.45) is 0. The van der Waals surface area contributed by atoms with Crippen LogP contribution in [0.5, 0.6) is 0 Å². The molecule has 1 spiro atoms. The van der Waals surface area contributed by atoms with Gasteiger partial charge < -0.3 is 9.47 Å². The summed E-state index contributed by atoms with van der Waals surface area (Å²) in [6, 6.07) is 0. The van der Waals surface area contributed by atoms with Crippen molar-refractivity contribution in [2.24, 2.45) is 0 Å². The Morgan fingerprint density at radius 2 is 1.78 bits per heavy atom. The van der Waals surface area contributed by atoms with E-state index in [2.05, 4.69) is 19.2 Å². The third-order valence-corrected chi connectivity index (χ3v) is 1.60. The second kappa shape index (κ2) is 1.31. The van der Waals surface area contributed by atoms with Crippen molar-refractivity contribution in [1.29, 1.82) is 0 Å². The van der Waals surface area contributed by atoms with Gasteiger partial charge in [-0.15, -0.1) is 0 Å². The van der Waals surface area contributed by atoms with Crippen LogP contribution in [0.15, 0.2) is 0 Å². The predicted molar refractivity (Wildman–Crippen MR) is 31.8 cm³/mol. The van der Waals surface area contributed by atoms with E-state index in [1.165, 1.54) is 0 Å². The van der Waals surface area contributed by atoms with Gasteiger partial charge in [0.05, 0.1) is 6.61 Å². The van der Waals surface area contributed by atoms with Crippen LogP contribution in [0.2, 0.25) is 0 Å². The van der Waals surface area contributed by atoms with Crippen molar-refractivity contribution in [3.05, 3.63) is 0 Å². The van der Waals surface area contributed by atoms with Gasteiger partial charge in [-0.1, -0.05) is 0 Å². The zero-order valence-electron chi connectivity index (χ0n) is 5.73. The van der Waals surface area contributed by atoms with E-state index in [1.54, 1.807) is 0 Å². The third-order valence-electron chi connectivity index (χ3n) is 1.60. The maximum atomic E-state index is 5.33. The molecule has 3 heteroatoms. The highest BCUT2D eigenvalue weighted by atomic mass is 16.8. The maximum Gasteiger partial charge on any atom is 0.253 e. The number of ether oxygens (including phenoxy) is 2. The van der Waals surface area contributed by atoms with E-state index >= 15 is 0 Å². The molecule has 0 bridgehead atoms. The predicted octanol–water partition coefficient (Wildman–Crippen LogP) is 0.0688. The summed E-state index contributed by atoms with van der Waals surface area (Å²) in [5.41, 5.74) is 0.0938. The Bertz CT molecular complexity index is 136. The van der Waals surface area contributed by atoms with Gasteiger partial charge in [0.15, 0.2) is 0 Å². The van der Waals surface area contributed by atoms with Gasteiger partial charge in [0.2, 0.25) is 0 Å². The largest absolute Gasteiger partial charge is 0.334 e. The Balaban J connectivity index is 2.08. The number of epoxide rings is 1. The van der Waals surface area contributed by atoms with Gasteiger partial charge in [-0.05, 0) is 13.8 Å². The lowest BCUT2D eigenvalue weighted by Crippen LogP contribution is -2.40. The molecule has 0 aromatic heterocycles. The van der Waals surface area contributed by atoms with Crippen molar-refractivity contribution >= 4 is 0 Å². The van der Waals surface area contributed by atoms with E-state index in [0.29, 0.717) is 6.61 Å². The minimum Gasteiger partial charge on any atom is -0.334 e. The molecule has 1 atom stereocenters. The van der Waals surface area contributed by atoms with Crippen LogP contribution in [0.25, 0.3) is 0 Å². The maximum absolute atomic E-state index is 5.33. The lowest BCUT2D eigenvalue weighted by Gasteiger charge is -2.14. The van der Waals surface area contributed by atoms with Crippen LogP contribution >= 0.6 is 0 Å². The molecule has 1 unspecified atom stereocenters. The van der Waals surface area contributed by atoms with E-state index in [9.17, 15) is 0 Å². The van der Waals surface area contributed by atoms with E-state index < -0.39 is 0 Å². The van der Waals surface area contributed by atoms with Crippen molar-refractivity contribution in [2.45, 2.75) is 25.3 Å². The van der Waals surface area contributed by atoms with E-state index in [-0.39, 0.29) is 11.4 Å². The SMILES string of the molecule is CC1(C)COC2(CO2)N1. The van der Waals surface area contributed by atoms with Crippen LogP contribution in [0, 0.1) is 0 Å². The first-order valence-corrected chi connectivity index (χ1v) is 3.19. The molecule has 1 N–H and O–H groups in total. The Morgan fingerprint density at radius 1 is 1.22 bits per heavy atom. The van der Waals surface area contributed by atoms with Crippen molar-refractivity contribution in [1.82, 2.24) is 5.32 Å². The van der Waals surface area contributed by atoms with Crippen LogP contribution in [-0.2, 0) is 9.47 Å². The molecule has 2 aliphatic rings. The smallest absolute Gasteiger partial charge is 0.253 e. The average Bonchev–Trinajstić information content (AvgIpc) is 2.36. The molecule has 2 saturated heterocycles. The molecule has 0 aromatic carbocycles. The highest BCUT2D eigenvalue weighted by Gasteiger charge is 2.55. The van der Waals surface area contributed by atoms with Gasteiger partial charge in [-0.2, -0.15) is 0 Å². The number of hydrogen-bond donors (Lipinski definition) is 1. The van der Waals surface area contributed by atoms with Gasteiger partial charge in [-0.25, -0.2) is 0 Å². The van der Waals surface area contributed by atoms with Gasteiger partial charge in [0.25, 0.3) is 5.91 Å². The second-order valence-electron chi connectivity index (χ2n) is 3.34. The molecule has 3 nitrogen and oxygen atoms in total. The Labute approximate surface area is 54.3 Å². The van der Waals surface area contributed by atoms with E-state index in [4.69, 9.17) is 9.47 Å². The van der Waals surface area contributed by atoms with E-state index in [1.807, 2.05) is 0 Å². The molecule has 0 aromatic rings. The Kier molecular flexibility index (Phi) is 0.822. The molecular weight excluding hydrogens is 118 g/mol. The second-order valence-corrected chi connectivity index (χ2v) is 3.34. The van der Waals surface area contributed by atoms with Crippen molar-refractivity contribution in [3.8, 4) is 0 Å². The van der Waals surface area contributed by atoms with Crippen molar-refractivity contribution in [2.75, 3.05) is 13.2 Å². The monoisotopic (exact) mass is 129 g/mol. The fraction of sp³-hybridized carbons (Fsp3) is 1.00. The van der Waals surface area contributed by atoms with Crippen LogP contribution < -0.4 is 5.32 Å². The van der Waals surface area contributed by atoms with Gasteiger partial charge in [0, 0.05) is 5.54 Å². The molecule has 2 heterocycles. The summed E-state index contributed by atoms with van der Waals surface area (Å²) < 4.78 is 10.4. The molecule has 0 amide bonds. The summed E-state index contributed by atoms with van der Waals surface area (Å²) in [5.74, 6) is -0.372. The highest BCUT2D eigenvalue weighted by Crippen LogP contribution is 2.33. The lowest BCUT2D eigenvalue weighted by atomic mass is 10.1. The standard InChI is InChI=1S/C6H11NO2/c1-5(2)3-8-6(7-5)4-9-6/h7H,3-4H2,1-2H3. The Morgan fingerprint density at radius 3 is 2.00 bits per heavy atom. The topological polar surface area (TPSA) is 33.8 Å². The highest BCUT2D eigenvalue weighted by molar-refractivity contribution is 4.95. The summed E-state index contributed by atoms with van der Waals surface area (Å²) in [6.45, 7) is 5.65. The molecular formula is C6H11NO2. The molecule has 0 radical (unpaired) electrons. The van der Waals surface area contributed by atoms with Crippen LogP contribution in [0.1, 0.15) is 13.8 Å². The first-order valence-electron chi connectivity index (χ1n) is 3.19. The molecule has 2 rings (SSSR count). The van der Waals surface area contributed by atoms with Gasteiger partial charge in [0.1, 0.15) is 6.61 Å². The number of rotatable bonds is 0. The number of nitrogens with one attached hydrogen (secondary N) is 1. The lowest BCUT2D eigenvalue weighted by molar-refractivity contribution is -0.00894. The minimum absolute atomic E-state index is 0.0938. The van der Waals surface area contributed by atoms with E-state index in [0.717, 1.165) is 6.61 Å². The zero-order valence-corrected chi connectivity index (χ0v) is 5.73. The summed E-state index contributed by atoms with van der Waals surface area (Å²) in [5, 5.41) is 3.24. The first-order chi connectivity index (χ1) is 4.12. The molecule has 9 heavy (non-hydrogen) atoms. The van der Waals surface area contributed by atoms with Crippen LogP contribution in [0.4, 0.5) is 0 Å². The Hall–Kier alpha value is -0.120. The molecule has 2 fully saturated rings. The first kappa shape index (κ1) is 5.65. The van der Waals surface area contributed by atoms with Gasteiger partial charge >= 0.3 is 0 Å². The summed E-state index contributed by atoms with van der Waals surface area (Å²) >= 11 is 0. The normalized spacial score (nSPS) is 46.0. The number of hydrogen-bond acceptors (Lipinski definition) is 3. The average molecular weight is 129 g/mol. The summed E-state index contributed by atoms with van der Waals surface area (Å²) in [7, 11) is 0.